The first-order chi connectivity index (χ1) is 9.56. The molecular weight excluding hydrogens is 303 g/mol. The van der Waals surface area contributed by atoms with Gasteiger partial charge in [0.2, 0.25) is 5.91 Å². The smallest absolute Gasteiger partial charge is 0.260 e. The van der Waals surface area contributed by atoms with Gasteiger partial charge < -0.3 is 15.0 Å². The molecule has 0 radical (unpaired) electrons. The van der Waals surface area contributed by atoms with Crippen LogP contribution < -0.4 is 10.1 Å². The predicted octanol–water partition coefficient (Wildman–Crippen LogP) is 1.72. The van der Waals surface area contributed by atoms with E-state index in [4.69, 9.17) is 27.9 Å². The first kappa shape index (κ1) is 14.9. The van der Waals surface area contributed by atoms with Crippen LogP contribution in [0, 0.1) is 0 Å². The fourth-order valence-corrected chi connectivity index (χ4v) is 2.11. The minimum absolute atomic E-state index is 0.0730. The average Bonchev–Trinajstić information content (AvgIpc) is 2.64. The zero-order chi connectivity index (χ0) is 14.5. The van der Waals surface area contributed by atoms with Crippen LogP contribution in [-0.4, -0.2) is 43.0 Å². The highest BCUT2D eigenvalue weighted by atomic mass is 35.5. The molecule has 0 unspecified atom stereocenters. The third kappa shape index (κ3) is 4.02. The number of amides is 2. The summed E-state index contributed by atoms with van der Waals surface area (Å²) >= 11 is 11.7. The summed E-state index contributed by atoms with van der Waals surface area (Å²) in [5.74, 6) is 0.0885. The maximum absolute atomic E-state index is 12.0. The number of ether oxygens (including phenoxy) is 1. The Labute approximate surface area is 126 Å². The molecule has 1 heterocycles. The van der Waals surface area contributed by atoms with Crippen molar-refractivity contribution in [2.75, 3.05) is 26.2 Å². The third-order valence-electron chi connectivity index (χ3n) is 2.87. The molecule has 1 aromatic carbocycles. The number of hydrogen-bond donors (Lipinski definition) is 1. The van der Waals surface area contributed by atoms with Gasteiger partial charge in [0.15, 0.2) is 6.61 Å². The molecule has 1 aliphatic rings. The second-order valence-corrected chi connectivity index (χ2v) is 5.20. The topological polar surface area (TPSA) is 58.6 Å². The lowest BCUT2D eigenvalue weighted by Crippen LogP contribution is -2.39. The standard InChI is InChI=1S/C13H14Cl2N2O3/c14-10-3-2-9(6-11(10)15)20-8-13(19)17-5-1-4-16-12(18)7-17/h2-3,6H,1,4-5,7-8H2,(H,16,18). The van der Waals surface area contributed by atoms with E-state index in [-0.39, 0.29) is 25.0 Å². The normalized spacial score (nSPS) is 15.5. The van der Waals surface area contributed by atoms with Gasteiger partial charge in [-0.1, -0.05) is 23.2 Å². The van der Waals surface area contributed by atoms with Crippen molar-refractivity contribution in [1.82, 2.24) is 10.2 Å². The van der Waals surface area contributed by atoms with Gasteiger partial charge in [0.05, 0.1) is 16.6 Å². The van der Waals surface area contributed by atoms with Gasteiger partial charge in [0, 0.05) is 19.2 Å². The van der Waals surface area contributed by atoms with Crippen LogP contribution in [0.4, 0.5) is 0 Å². The van der Waals surface area contributed by atoms with Crippen molar-refractivity contribution in [3.63, 3.8) is 0 Å². The zero-order valence-electron chi connectivity index (χ0n) is 10.7. The Balaban J connectivity index is 1.90. The molecule has 5 nitrogen and oxygen atoms in total. The molecule has 108 valence electrons. The van der Waals surface area contributed by atoms with E-state index in [2.05, 4.69) is 5.32 Å². The van der Waals surface area contributed by atoms with E-state index >= 15 is 0 Å². The molecule has 0 aliphatic carbocycles. The molecule has 7 heteroatoms. The van der Waals surface area contributed by atoms with Crippen LogP contribution >= 0.6 is 23.2 Å². The predicted molar refractivity (Wildman–Crippen MR) is 76.2 cm³/mol. The van der Waals surface area contributed by atoms with Crippen LogP contribution in [0.2, 0.25) is 10.0 Å². The van der Waals surface area contributed by atoms with Crippen LogP contribution in [0.25, 0.3) is 0 Å². The van der Waals surface area contributed by atoms with E-state index in [0.29, 0.717) is 28.9 Å². The summed E-state index contributed by atoms with van der Waals surface area (Å²) in [4.78, 5) is 24.8. The highest BCUT2D eigenvalue weighted by molar-refractivity contribution is 6.42. The number of carbonyl (C=O) groups excluding carboxylic acids is 2. The second kappa shape index (κ2) is 6.81. The molecule has 1 aromatic rings. The number of nitrogens with one attached hydrogen (secondary N) is 1. The van der Waals surface area contributed by atoms with E-state index in [1.165, 1.54) is 4.90 Å². The second-order valence-electron chi connectivity index (χ2n) is 4.38. The number of nitrogens with zero attached hydrogens (tertiary/aromatic N) is 1. The molecule has 1 fully saturated rings. The van der Waals surface area contributed by atoms with Crippen LogP contribution in [0.1, 0.15) is 6.42 Å². The number of rotatable bonds is 3. The van der Waals surface area contributed by atoms with Gasteiger partial charge >= 0.3 is 0 Å². The molecule has 0 atom stereocenters. The maximum atomic E-state index is 12.0. The summed E-state index contributed by atoms with van der Waals surface area (Å²) in [7, 11) is 0. The number of carbonyl (C=O) groups is 2. The molecule has 0 saturated carbocycles. The van der Waals surface area contributed by atoms with E-state index in [9.17, 15) is 9.59 Å². The quantitative estimate of drug-likeness (QED) is 0.923. The Kier molecular flexibility index (Phi) is 5.09. The summed E-state index contributed by atoms with van der Waals surface area (Å²) in [6.07, 6.45) is 0.740. The SMILES string of the molecule is O=C1CN(C(=O)COc2ccc(Cl)c(Cl)c2)CCCN1. The molecule has 0 aromatic heterocycles. The largest absolute Gasteiger partial charge is 0.484 e. The highest BCUT2D eigenvalue weighted by Crippen LogP contribution is 2.26. The van der Waals surface area contributed by atoms with Crippen molar-refractivity contribution >= 4 is 35.0 Å². The zero-order valence-corrected chi connectivity index (χ0v) is 12.2. The number of benzene rings is 1. The van der Waals surface area contributed by atoms with E-state index in [0.717, 1.165) is 6.42 Å². The van der Waals surface area contributed by atoms with E-state index < -0.39 is 0 Å². The summed E-state index contributed by atoms with van der Waals surface area (Å²) in [5.41, 5.74) is 0. The molecule has 2 rings (SSSR count). The number of hydrogen-bond acceptors (Lipinski definition) is 3. The Hall–Kier alpha value is -1.46. The van der Waals surface area contributed by atoms with Gasteiger partial charge in [-0.3, -0.25) is 9.59 Å². The third-order valence-corrected chi connectivity index (χ3v) is 3.61. The summed E-state index contributed by atoms with van der Waals surface area (Å²) < 4.78 is 5.37. The molecule has 1 saturated heterocycles. The fraction of sp³-hybridized carbons (Fsp3) is 0.385. The van der Waals surface area contributed by atoms with Crippen LogP contribution in [0.15, 0.2) is 18.2 Å². The molecule has 2 amide bonds. The van der Waals surface area contributed by atoms with Crippen molar-refractivity contribution in [3.05, 3.63) is 28.2 Å². The van der Waals surface area contributed by atoms with Gasteiger partial charge in [-0.2, -0.15) is 0 Å². The summed E-state index contributed by atoms with van der Waals surface area (Å²) in [6.45, 7) is 1.08. The van der Waals surface area contributed by atoms with Crippen molar-refractivity contribution in [2.45, 2.75) is 6.42 Å². The van der Waals surface area contributed by atoms with Crippen LogP contribution in [-0.2, 0) is 9.59 Å². The lowest BCUT2D eigenvalue weighted by molar-refractivity contribution is -0.136. The Morgan fingerprint density at radius 2 is 2.15 bits per heavy atom. The minimum atomic E-state index is -0.229. The molecule has 0 spiro atoms. The maximum Gasteiger partial charge on any atom is 0.260 e. The van der Waals surface area contributed by atoms with Gasteiger partial charge in [-0.25, -0.2) is 0 Å². The van der Waals surface area contributed by atoms with Gasteiger partial charge in [0.25, 0.3) is 5.91 Å². The van der Waals surface area contributed by atoms with Crippen molar-refractivity contribution < 1.29 is 14.3 Å². The minimum Gasteiger partial charge on any atom is -0.484 e. The summed E-state index contributed by atoms with van der Waals surface area (Å²) in [6, 6.07) is 4.78. The van der Waals surface area contributed by atoms with E-state index in [1.54, 1.807) is 18.2 Å². The molecular formula is C13H14Cl2N2O3. The van der Waals surface area contributed by atoms with Gasteiger partial charge in [0.1, 0.15) is 5.75 Å². The monoisotopic (exact) mass is 316 g/mol. The first-order valence-electron chi connectivity index (χ1n) is 6.18. The molecule has 1 aliphatic heterocycles. The Bertz CT molecular complexity index is 522. The van der Waals surface area contributed by atoms with Crippen LogP contribution in [0.5, 0.6) is 5.75 Å². The fourth-order valence-electron chi connectivity index (χ4n) is 1.82. The average molecular weight is 317 g/mol. The van der Waals surface area contributed by atoms with Crippen molar-refractivity contribution in [1.29, 1.82) is 0 Å². The van der Waals surface area contributed by atoms with Crippen LogP contribution in [0.3, 0.4) is 0 Å². The Morgan fingerprint density at radius 1 is 1.35 bits per heavy atom. The Morgan fingerprint density at radius 3 is 2.90 bits per heavy atom. The van der Waals surface area contributed by atoms with Crippen molar-refractivity contribution in [2.24, 2.45) is 0 Å². The molecule has 20 heavy (non-hydrogen) atoms. The lowest BCUT2D eigenvalue weighted by Gasteiger charge is -2.19. The lowest BCUT2D eigenvalue weighted by atomic mass is 10.3. The first-order valence-corrected chi connectivity index (χ1v) is 6.94. The highest BCUT2D eigenvalue weighted by Gasteiger charge is 2.19. The molecule has 0 bridgehead atoms. The van der Waals surface area contributed by atoms with Gasteiger partial charge in [-0.15, -0.1) is 0 Å². The number of halogens is 2. The van der Waals surface area contributed by atoms with E-state index in [1.807, 2.05) is 0 Å². The van der Waals surface area contributed by atoms with Crippen molar-refractivity contribution in [3.8, 4) is 5.75 Å². The summed E-state index contributed by atoms with van der Waals surface area (Å²) in [5, 5.41) is 3.50. The van der Waals surface area contributed by atoms with Gasteiger partial charge in [-0.05, 0) is 18.6 Å². The molecule has 1 N–H and O–H groups in total.